The summed E-state index contributed by atoms with van der Waals surface area (Å²) in [6, 6.07) is 4.06. The molecule has 1 aromatic heterocycles. The van der Waals surface area contributed by atoms with E-state index < -0.39 is 9.84 Å². The topological polar surface area (TPSA) is 46.2 Å². The standard InChI is InChI=1S/C13H23NO2S2/c1-6-14-10(9-18(5,15)16)11-7-8-12(17-11)13(2,3)4/h7-8,10,14H,6,9H2,1-5H3. The molecule has 0 saturated carbocycles. The average molecular weight is 289 g/mol. The molecule has 0 saturated heterocycles. The second kappa shape index (κ2) is 5.72. The maximum Gasteiger partial charge on any atom is 0.149 e. The Balaban J connectivity index is 2.96. The molecule has 0 bridgehead atoms. The Kier molecular flexibility index (Phi) is 4.98. The van der Waals surface area contributed by atoms with Gasteiger partial charge in [-0.2, -0.15) is 0 Å². The van der Waals surface area contributed by atoms with Crippen molar-refractivity contribution in [1.29, 1.82) is 0 Å². The van der Waals surface area contributed by atoms with E-state index >= 15 is 0 Å². The van der Waals surface area contributed by atoms with Gasteiger partial charge in [-0.3, -0.25) is 0 Å². The number of rotatable bonds is 5. The van der Waals surface area contributed by atoms with Gasteiger partial charge < -0.3 is 5.32 Å². The largest absolute Gasteiger partial charge is 0.309 e. The molecule has 0 aliphatic heterocycles. The van der Waals surface area contributed by atoms with Crippen molar-refractivity contribution >= 4 is 21.2 Å². The van der Waals surface area contributed by atoms with Gasteiger partial charge in [-0.15, -0.1) is 11.3 Å². The van der Waals surface area contributed by atoms with Crippen LogP contribution >= 0.6 is 11.3 Å². The van der Waals surface area contributed by atoms with Crippen LogP contribution in [0, 0.1) is 0 Å². The van der Waals surface area contributed by atoms with Crippen LogP contribution in [-0.2, 0) is 15.3 Å². The summed E-state index contributed by atoms with van der Waals surface area (Å²) in [7, 11) is -2.98. The molecular formula is C13H23NO2S2. The summed E-state index contributed by atoms with van der Waals surface area (Å²) < 4.78 is 22.9. The van der Waals surface area contributed by atoms with Gasteiger partial charge in [-0.25, -0.2) is 8.42 Å². The highest BCUT2D eigenvalue weighted by Crippen LogP contribution is 2.32. The molecule has 1 aromatic rings. The summed E-state index contributed by atoms with van der Waals surface area (Å²) in [4.78, 5) is 2.39. The third-order valence-electron chi connectivity index (χ3n) is 2.63. The minimum absolute atomic E-state index is 0.0916. The normalized spacial score (nSPS) is 14.7. The van der Waals surface area contributed by atoms with Crippen molar-refractivity contribution in [2.75, 3.05) is 18.6 Å². The predicted molar refractivity (Wildman–Crippen MR) is 79.1 cm³/mol. The van der Waals surface area contributed by atoms with E-state index in [2.05, 4.69) is 32.2 Å². The molecule has 0 amide bonds. The summed E-state index contributed by atoms with van der Waals surface area (Å²) in [6.45, 7) is 9.26. The monoisotopic (exact) mass is 289 g/mol. The molecule has 1 unspecified atom stereocenters. The predicted octanol–water partition coefficient (Wildman–Crippen LogP) is 2.74. The van der Waals surface area contributed by atoms with Crippen LogP contribution in [-0.4, -0.2) is 27.0 Å². The van der Waals surface area contributed by atoms with Gasteiger partial charge in [0.25, 0.3) is 0 Å². The summed E-state index contributed by atoms with van der Waals surface area (Å²) in [5, 5.41) is 3.25. The number of hydrogen-bond donors (Lipinski definition) is 1. The molecule has 1 heterocycles. The fraction of sp³-hybridized carbons (Fsp3) is 0.692. The molecular weight excluding hydrogens is 266 g/mol. The number of sulfone groups is 1. The Morgan fingerprint density at radius 3 is 2.33 bits per heavy atom. The van der Waals surface area contributed by atoms with Crippen molar-refractivity contribution in [2.24, 2.45) is 0 Å². The van der Waals surface area contributed by atoms with Crippen LogP contribution in [0.1, 0.15) is 43.5 Å². The lowest BCUT2D eigenvalue weighted by molar-refractivity contribution is 0.567. The molecule has 0 aliphatic rings. The van der Waals surface area contributed by atoms with E-state index in [4.69, 9.17) is 0 Å². The highest BCUT2D eigenvalue weighted by atomic mass is 32.2. The van der Waals surface area contributed by atoms with E-state index in [1.165, 1.54) is 11.1 Å². The summed E-state index contributed by atoms with van der Waals surface area (Å²) in [5.41, 5.74) is 0.116. The molecule has 1 atom stereocenters. The molecule has 5 heteroatoms. The van der Waals surface area contributed by atoms with Crippen LogP contribution in [0.25, 0.3) is 0 Å². The first kappa shape index (κ1) is 15.7. The third-order valence-corrected chi connectivity index (χ3v) is 5.19. The number of hydrogen-bond acceptors (Lipinski definition) is 4. The highest BCUT2D eigenvalue weighted by Gasteiger charge is 2.21. The third kappa shape index (κ3) is 4.71. The molecule has 0 aliphatic carbocycles. The van der Waals surface area contributed by atoms with Crippen molar-refractivity contribution in [3.63, 3.8) is 0 Å². The van der Waals surface area contributed by atoms with Crippen molar-refractivity contribution in [1.82, 2.24) is 5.32 Å². The Morgan fingerprint density at radius 1 is 1.33 bits per heavy atom. The quantitative estimate of drug-likeness (QED) is 0.906. The van der Waals surface area contributed by atoms with Gasteiger partial charge in [0.2, 0.25) is 0 Å². The van der Waals surface area contributed by atoms with Gasteiger partial charge in [-0.05, 0) is 24.1 Å². The van der Waals surface area contributed by atoms with Crippen molar-refractivity contribution < 1.29 is 8.42 Å². The molecule has 104 valence electrons. The molecule has 0 fully saturated rings. The smallest absolute Gasteiger partial charge is 0.149 e. The lowest BCUT2D eigenvalue weighted by atomic mass is 9.95. The number of nitrogens with one attached hydrogen (secondary N) is 1. The van der Waals surface area contributed by atoms with Gasteiger partial charge >= 0.3 is 0 Å². The van der Waals surface area contributed by atoms with Crippen molar-refractivity contribution in [3.8, 4) is 0 Å². The van der Waals surface area contributed by atoms with Gasteiger partial charge in [0, 0.05) is 16.0 Å². The molecule has 0 radical (unpaired) electrons. The molecule has 1 N–H and O–H groups in total. The fourth-order valence-corrected chi connectivity index (χ4v) is 3.88. The Labute approximate surface area is 115 Å². The van der Waals surface area contributed by atoms with Crippen LogP contribution < -0.4 is 5.32 Å². The van der Waals surface area contributed by atoms with Crippen LogP contribution in [0.5, 0.6) is 0 Å². The van der Waals surface area contributed by atoms with Crippen LogP contribution in [0.2, 0.25) is 0 Å². The van der Waals surface area contributed by atoms with E-state index in [1.807, 2.05) is 13.0 Å². The lowest BCUT2D eigenvalue weighted by Gasteiger charge is -2.17. The maximum atomic E-state index is 11.5. The first-order valence-corrected chi connectivity index (χ1v) is 9.02. The highest BCUT2D eigenvalue weighted by molar-refractivity contribution is 7.90. The van der Waals surface area contributed by atoms with E-state index in [0.29, 0.717) is 0 Å². The SMILES string of the molecule is CCNC(CS(C)(=O)=O)c1ccc(C(C)(C)C)s1. The number of thiophene rings is 1. The van der Waals surface area contributed by atoms with E-state index in [-0.39, 0.29) is 17.2 Å². The summed E-state index contributed by atoms with van der Waals surface area (Å²) >= 11 is 1.70. The fourth-order valence-electron chi connectivity index (χ4n) is 1.73. The molecule has 0 aromatic carbocycles. The second-order valence-corrected chi connectivity index (χ2v) is 8.95. The van der Waals surface area contributed by atoms with Crippen molar-refractivity contribution in [2.45, 2.75) is 39.2 Å². The first-order chi connectivity index (χ1) is 8.13. The first-order valence-electron chi connectivity index (χ1n) is 6.15. The summed E-state index contributed by atoms with van der Waals surface area (Å²) in [6.07, 6.45) is 1.29. The van der Waals surface area contributed by atoms with Crippen LogP contribution in [0.3, 0.4) is 0 Å². The van der Waals surface area contributed by atoms with Crippen LogP contribution in [0.15, 0.2) is 12.1 Å². The van der Waals surface area contributed by atoms with Gasteiger partial charge in [0.15, 0.2) is 0 Å². The second-order valence-electron chi connectivity index (χ2n) is 5.65. The average Bonchev–Trinajstić information content (AvgIpc) is 2.62. The van der Waals surface area contributed by atoms with Crippen LogP contribution in [0.4, 0.5) is 0 Å². The van der Waals surface area contributed by atoms with E-state index in [0.717, 1.165) is 11.4 Å². The maximum absolute atomic E-state index is 11.5. The summed E-state index contributed by atoms with van der Waals surface area (Å²) in [5.74, 6) is 0.158. The van der Waals surface area contributed by atoms with Gasteiger partial charge in [-0.1, -0.05) is 27.7 Å². The van der Waals surface area contributed by atoms with E-state index in [9.17, 15) is 8.42 Å². The van der Waals surface area contributed by atoms with Gasteiger partial charge in [0.05, 0.1) is 11.8 Å². The zero-order chi connectivity index (χ0) is 14.0. The zero-order valence-corrected chi connectivity index (χ0v) is 13.4. The Bertz CT molecular complexity index is 483. The Hall–Kier alpha value is -0.390. The zero-order valence-electron chi connectivity index (χ0n) is 11.8. The molecule has 3 nitrogen and oxygen atoms in total. The minimum Gasteiger partial charge on any atom is -0.309 e. The minimum atomic E-state index is -2.98. The molecule has 0 spiro atoms. The lowest BCUT2D eigenvalue weighted by Crippen LogP contribution is -2.26. The van der Waals surface area contributed by atoms with Crippen molar-refractivity contribution in [3.05, 3.63) is 21.9 Å². The van der Waals surface area contributed by atoms with E-state index in [1.54, 1.807) is 11.3 Å². The molecule has 18 heavy (non-hydrogen) atoms. The Morgan fingerprint density at radius 2 is 1.94 bits per heavy atom. The van der Waals surface area contributed by atoms with Gasteiger partial charge in [0.1, 0.15) is 9.84 Å². The molecule has 1 rings (SSSR count).